The number of aromatic carboxylic acids is 1. The molecule has 3 aromatic rings. The quantitative estimate of drug-likeness (QED) is 0.0246. The van der Waals surface area contributed by atoms with Crippen molar-refractivity contribution in [2.45, 2.75) is 9.79 Å². The van der Waals surface area contributed by atoms with Crippen molar-refractivity contribution >= 4 is 48.8 Å². The van der Waals surface area contributed by atoms with Crippen molar-refractivity contribution in [1.29, 1.82) is 5.41 Å². The van der Waals surface area contributed by atoms with E-state index in [0.29, 0.717) is 6.07 Å². The summed E-state index contributed by atoms with van der Waals surface area (Å²) in [6.45, 7) is 0. The molecule has 1 aliphatic heterocycles. The van der Waals surface area contributed by atoms with Crippen LogP contribution in [0.5, 0.6) is 5.75 Å². The Labute approximate surface area is 290 Å². The molecule has 1 aliphatic carbocycles. The fourth-order valence-corrected chi connectivity index (χ4v) is 6.09. The number of nitrogens with one attached hydrogen (secondary N) is 1. The molecule has 13 nitrogen and oxygen atoms in total. The summed E-state index contributed by atoms with van der Waals surface area (Å²) in [7, 11) is -11.1. The van der Waals surface area contributed by atoms with Gasteiger partial charge in [-0.3, -0.25) is 5.41 Å². The Bertz CT molecular complexity index is 2420. The minimum Gasteiger partial charge on any atom is -0.744 e. The summed E-state index contributed by atoms with van der Waals surface area (Å²) in [6.07, 6.45) is 0. The van der Waals surface area contributed by atoms with E-state index in [1.807, 2.05) is 0 Å². The topological polar surface area (TPSA) is 241 Å². The number of rotatable bonds is 6. The molecule has 238 valence electrons. The number of nitrogen functional groups attached to an aromatic ring is 1. The Morgan fingerprint density at radius 1 is 0.833 bits per heavy atom. The van der Waals surface area contributed by atoms with Gasteiger partial charge in [0, 0.05) is 22.6 Å². The Morgan fingerprint density at radius 2 is 1.42 bits per heavy atom. The van der Waals surface area contributed by atoms with Crippen LogP contribution in [0, 0.1) is 28.7 Å². The summed E-state index contributed by atoms with van der Waals surface area (Å²) in [4.78, 5) is 22.6. The largest absolute Gasteiger partial charge is 1.00 e. The van der Waals surface area contributed by atoms with E-state index >= 15 is 0 Å². The van der Waals surface area contributed by atoms with Gasteiger partial charge >= 0.3 is 49.7 Å². The van der Waals surface area contributed by atoms with Crippen molar-refractivity contribution in [3.63, 3.8) is 0 Å². The van der Waals surface area contributed by atoms with E-state index in [-0.39, 0.29) is 43.8 Å². The smallest absolute Gasteiger partial charge is 0.744 e. The van der Waals surface area contributed by atoms with Gasteiger partial charge in [-0.25, -0.2) is 35.2 Å². The van der Waals surface area contributed by atoms with Crippen LogP contribution in [-0.2, 0) is 20.2 Å². The normalized spacial score (nSPS) is 11.5. The Morgan fingerprint density at radius 3 is 1.96 bits per heavy atom. The van der Waals surface area contributed by atoms with Crippen LogP contribution in [0.4, 0.5) is 23.2 Å². The van der Waals surface area contributed by atoms with Crippen molar-refractivity contribution in [2.75, 3.05) is 5.73 Å². The number of carbonyl (C=O) groups excluding carboxylic acids is 1. The molecular weight excluding hydrogens is 682 g/mol. The zero-order chi connectivity index (χ0) is 34.0. The van der Waals surface area contributed by atoms with Crippen molar-refractivity contribution in [3.8, 4) is 28.2 Å². The van der Waals surface area contributed by atoms with E-state index < -0.39 is 127 Å². The van der Waals surface area contributed by atoms with Crippen molar-refractivity contribution in [3.05, 3.63) is 88.3 Å². The molecule has 5 rings (SSSR count). The summed E-state index contributed by atoms with van der Waals surface area (Å²) < 4.78 is 139. The van der Waals surface area contributed by atoms with Crippen molar-refractivity contribution < 1.29 is 105 Å². The number of nitrogens with two attached hydrogens (primary N) is 1. The summed E-state index contributed by atoms with van der Waals surface area (Å²) >= 11 is 0. The minimum absolute atomic E-state index is 0. The molecular formula is C27H12F4Li2N2O11S2. The molecule has 1 heterocycles. The molecule has 0 atom stereocenters. The zero-order valence-electron chi connectivity index (χ0n) is 24.1. The molecule has 0 radical (unpaired) electrons. The molecule has 3 aromatic carbocycles. The van der Waals surface area contributed by atoms with Crippen LogP contribution in [0.2, 0.25) is 0 Å². The van der Waals surface area contributed by atoms with Gasteiger partial charge in [0.1, 0.15) is 30.0 Å². The van der Waals surface area contributed by atoms with Crippen LogP contribution >= 0.6 is 0 Å². The molecule has 21 heteroatoms. The molecule has 0 fully saturated rings. The van der Waals surface area contributed by atoms with E-state index in [1.165, 1.54) is 0 Å². The van der Waals surface area contributed by atoms with Gasteiger partial charge in [-0.2, -0.15) is 8.78 Å². The summed E-state index contributed by atoms with van der Waals surface area (Å²) in [5.74, 6) is -14.2. The average Bonchev–Trinajstić information content (AvgIpc) is 2.95. The van der Waals surface area contributed by atoms with Crippen molar-refractivity contribution in [2.24, 2.45) is 0 Å². The first-order valence-corrected chi connectivity index (χ1v) is 14.9. The molecule has 0 saturated carbocycles. The third kappa shape index (κ3) is 6.59. The van der Waals surface area contributed by atoms with Gasteiger partial charge in [-0.15, -0.1) is 0 Å². The first kappa shape index (κ1) is 38.3. The van der Waals surface area contributed by atoms with Gasteiger partial charge in [0.15, 0.2) is 23.0 Å². The number of hydrogen-bond acceptors (Lipinski definition) is 12. The number of esters is 1. The number of fused-ring (bicyclic) bond motifs is 2. The molecule has 0 amide bonds. The number of carbonyl (C=O) groups is 2. The van der Waals surface area contributed by atoms with Gasteiger partial charge in [0.25, 0.3) is 0 Å². The number of halogens is 4. The molecule has 4 N–H and O–H groups in total. The van der Waals surface area contributed by atoms with E-state index in [4.69, 9.17) is 15.6 Å². The first-order valence-electron chi connectivity index (χ1n) is 12.0. The third-order valence-electron chi connectivity index (χ3n) is 6.52. The molecule has 0 spiro atoms. The predicted octanol–water partition coefficient (Wildman–Crippen LogP) is -2.44. The minimum atomic E-state index is -5.60. The molecule has 0 aromatic heterocycles. The summed E-state index contributed by atoms with van der Waals surface area (Å²) in [5, 5.41) is 16.5. The number of ether oxygens (including phenoxy) is 1. The van der Waals surface area contributed by atoms with Crippen LogP contribution in [0.15, 0.2) is 62.7 Å². The summed E-state index contributed by atoms with van der Waals surface area (Å²) in [6, 6.07) is 5.75. The first-order chi connectivity index (χ1) is 21.3. The maximum Gasteiger partial charge on any atom is 1.00 e. The fraction of sp³-hybridized carbons (Fsp3) is 0. The number of anilines is 1. The second-order valence-corrected chi connectivity index (χ2v) is 12.0. The second-order valence-electron chi connectivity index (χ2n) is 9.32. The van der Waals surface area contributed by atoms with E-state index in [2.05, 4.69) is 4.74 Å². The number of benzene rings is 4. The Hall–Kier alpha value is -4.18. The number of carboxylic acid groups (broad SMARTS) is 1. The van der Waals surface area contributed by atoms with Crippen LogP contribution in [0.3, 0.4) is 0 Å². The average molecular weight is 694 g/mol. The zero-order valence-corrected chi connectivity index (χ0v) is 25.7. The number of hydrogen-bond donors (Lipinski definition) is 3. The van der Waals surface area contributed by atoms with E-state index in [9.17, 15) is 58.2 Å². The maximum absolute atomic E-state index is 14.2. The molecule has 0 bridgehead atoms. The van der Waals surface area contributed by atoms with Gasteiger partial charge in [-0.1, -0.05) is 0 Å². The monoisotopic (exact) mass is 694 g/mol. The molecule has 0 saturated heterocycles. The van der Waals surface area contributed by atoms with Crippen LogP contribution in [-0.4, -0.2) is 43.0 Å². The molecule has 0 unspecified atom stereocenters. The molecule has 48 heavy (non-hydrogen) atoms. The molecule has 2 aliphatic rings. The third-order valence-corrected chi connectivity index (χ3v) is 8.35. The predicted molar refractivity (Wildman–Crippen MR) is 143 cm³/mol. The van der Waals surface area contributed by atoms with Gasteiger partial charge < -0.3 is 29.1 Å². The van der Waals surface area contributed by atoms with Crippen LogP contribution in [0.1, 0.15) is 20.7 Å². The second kappa shape index (κ2) is 13.4. The SMILES string of the molecule is N=c1ccc2c(-c3cc(C(=O)Oc4c(F)c(F)cc(F)c4F)ccc3C(=O)O)c3ccc(N)c(S(=O)(=O)[O-])c3oc-2c1S(=O)(=O)[O-].[Li+].[Li+]. The Kier molecular flexibility index (Phi) is 10.7. The maximum atomic E-state index is 14.2. The van der Waals surface area contributed by atoms with Gasteiger partial charge in [0.05, 0.1) is 22.2 Å². The summed E-state index contributed by atoms with van der Waals surface area (Å²) in [5.41, 5.74) is 1.02. The van der Waals surface area contributed by atoms with Crippen molar-refractivity contribution in [1.82, 2.24) is 0 Å². The fourth-order valence-electron chi connectivity index (χ4n) is 4.64. The Balaban J connectivity index is 0.00000312. The van der Waals surface area contributed by atoms with E-state index in [0.717, 1.165) is 36.4 Å². The van der Waals surface area contributed by atoms with Crippen LogP contribution in [0.25, 0.3) is 33.4 Å². The number of carboxylic acids is 1. The van der Waals surface area contributed by atoms with Gasteiger partial charge in [0.2, 0.25) is 17.4 Å². The van der Waals surface area contributed by atoms with Crippen LogP contribution < -0.4 is 53.5 Å². The van der Waals surface area contributed by atoms with E-state index in [1.54, 1.807) is 0 Å². The standard InChI is InChI=1S/C27H14F4N2O11S2.2Li/c28-14-8-15(29)20(31)23(19(14)30)44-27(36)9-1-2-10(26(34)35)13(7-9)18-11-3-5-16(32)24(45(37,38)39)21(11)43-22-12(18)4-6-17(33)25(22)46(40,41)42;;/h1-8,32H,33H2,(H,34,35)(H,37,38,39)(H,40,41,42);;/q;2*+1/p-2. The van der Waals surface area contributed by atoms with Gasteiger partial charge in [-0.05, 0) is 48.0 Å².